The van der Waals surface area contributed by atoms with Crippen molar-refractivity contribution in [1.29, 1.82) is 0 Å². The van der Waals surface area contributed by atoms with Crippen LogP contribution in [0.15, 0.2) is 42.6 Å². The van der Waals surface area contributed by atoms with Crippen LogP contribution in [0.1, 0.15) is 30.1 Å². The average Bonchev–Trinajstić information content (AvgIpc) is 2.76. The molecule has 8 heteroatoms. The Morgan fingerprint density at radius 1 is 1.14 bits per heavy atom. The van der Waals surface area contributed by atoms with Gasteiger partial charge in [0, 0.05) is 24.7 Å². The Labute approximate surface area is 170 Å². The van der Waals surface area contributed by atoms with Crippen LogP contribution in [-0.4, -0.2) is 54.7 Å². The monoisotopic (exact) mass is 398 g/mol. The van der Waals surface area contributed by atoms with Crippen molar-refractivity contribution in [2.45, 2.75) is 25.8 Å². The molecule has 0 radical (unpaired) electrons. The average molecular weight is 398 g/mol. The van der Waals surface area contributed by atoms with Gasteiger partial charge in [0.05, 0.1) is 25.6 Å². The molecule has 2 amide bonds. The number of anilines is 2. The maximum Gasteiger partial charge on any atom is 0.409 e. The zero-order valence-electron chi connectivity index (χ0n) is 16.7. The van der Waals surface area contributed by atoms with Crippen LogP contribution in [0.2, 0.25) is 0 Å². The number of ether oxygens (including phenoxy) is 2. The lowest BCUT2D eigenvalue weighted by atomic mass is 10.1. The van der Waals surface area contributed by atoms with E-state index in [4.69, 9.17) is 9.47 Å². The summed E-state index contributed by atoms with van der Waals surface area (Å²) in [6.45, 7) is 3.53. The van der Waals surface area contributed by atoms with Crippen LogP contribution in [0.3, 0.4) is 0 Å². The molecule has 0 aliphatic carbocycles. The zero-order valence-corrected chi connectivity index (χ0v) is 16.7. The molecule has 8 nitrogen and oxygen atoms in total. The molecule has 0 bridgehead atoms. The highest BCUT2D eigenvalue weighted by atomic mass is 16.6. The lowest BCUT2D eigenvalue weighted by molar-refractivity contribution is 0.0981. The van der Waals surface area contributed by atoms with Gasteiger partial charge >= 0.3 is 6.09 Å². The first kappa shape index (κ1) is 20.4. The summed E-state index contributed by atoms with van der Waals surface area (Å²) in [6, 6.07) is 10.8. The van der Waals surface area contributed by atoms with Crippen molar-refractivity contribution in [2.75, 3.05) is 37.4 Å². The normalized spacial score (nSPS) is 14.2. The summed E-state index contributed by atoms with van der Waals surface area (Å²) < 4.78 is 10.1. The van der Waals surface area contributed by atoms with E-state index in [1.165, 1.54) is 0 Å². The highest BCUT2D eigenvalue weighted by Gasteiger charge is 2.23. The molecule has 0 unspecified atom stereocenters. The van der Waals surface area contributed by atoms with E-state index in [9.17, 15) is 9.59 Å². The van der Waals surface area contributed by atoms with E-state index in [2.05, 4.69) is 15.6 Å². The number of nitrogens with zero attached hydrogens (tertiary/aromatic N) is 2. The van der Waals surface area contributed by atoms with Gasteiger partial charge in [0.2, 0.25) is 0 Å². The molecule has 3 rings (SSSR count). The summed E-state index contributed by atoms with van der Waals surface area (Å²) in [7, 11) is 1.58. The van der Waals surface area contributed by atoms with E-state index in [-0.39, 0.29) is 18.0 Å². The predicted octanol–water partition coefficient (Wildman–Crippen LogP) is 3.38. The summed E-state index contributed by atoms with van der Waals surface area (Å²) >= 11 is 0. The van der Waals surface area contributed by atoms with Gasteiger partial charge in [-0.1, -0.05) is 0 Å². The molecule has 0 saturated carbocycles. The first-order valence-electron chi connectivity index (χ1n) is 9.68. The number of amides is 2. The third-order valence-corrected chi connectivity index (χ3v) is 4.75. The Balaban J connectivity index is 1.49. The summed E-state index contributed by atoms with van der Waals surface area (Å²) in [5.74, 6) is 0.948. The third kappa shape index (κ3) is 5.60. The maximum atomic E-state index is 12.3. The standard InChI is InChI=1S/C21H26N4O4/c1-3-29-21(27)25-12-10-16(11-13-25)23-17-6-9-19(22-14-17)24-20(26)15-4-7-18(28-2)8-5-15/h4-9,14,16,23H,3,10-13H2,1-2H3,(H,22,24,26). The van der Waals surface area contributed by atoms with Gasteiger partial charge in [-0.3, -0.25) is 4.79 Å². The molecular formula is C21H26N4O4. The number of methoxy groups -OCH3 is 1. The maximum absolute atomic E-state index is 12.3. The number of benzene rings is 1. The minimum absolute atomic E-state index is 0.229. The number of hydrogen-bond acceptors (Lipinski definition) is 6. The van der Waals surface area contributed by atoms with Gasteiger partial charge in [0.25, 0.3) is 5.91 Å². The SMILES string of the molecule is CCOC(=O)N1CCC(Nc2ccc(NC(=O)c3ccc(OC)cc3)nc2)CC1. The molecule has 1 aromatic carbocycles. The van der Waals surface area contributed by atoms with E-state index in [0.29, 0.717) is 36.8 Å². The molecule has 1 aliphatic rings. The topological polar surface area (TPSA) is 92.8 Å². The molecule has 2 N–H and O–H groups in total. The highest BCUT2D eigenvalue weighted by molar-refractivity contribution is 6.03. The van der Waals surface area contributed by atoms with Crippen molar-refractivity contribution in [2.24, 2.45) is 0 Å². The van der Waals surface area contributed by atoms with Crippen molar-refractivity contribution in [3.8, 4) is 5.75 Å². The Bertz CT molecular complexity index is 816. The number of pyridine rings is 1. The lowest BCUT2D eigenvalue weighted by Gasteiger charge is -2.32. The summed E-state index contributed by atoms with van der Waals surface area (Å²) in [5, 5.41) is 6.21. The largest absolute Gasteiger partial charge is 0.497 e. The van der Waals surface area contributed by atoms with Crippen molar-refractivity contribution in [1.82, 2.24) is 9.88 Å². The van der Waals surface area contributed by atoms with Gasteiger partial charge in [-0.15, -0.1) is 0 Å². The minimum atomic E-state index is -0.246. The number of piperidine rings is 1. The van der Waals surface area contributed by atoms with Crippen molar-refractivity contribution < 1.29 is 19.1 Å². The number of nitrogens with one attached hydrogen (secondary N) is 2. The lowest BCUT2D eigenvalue weighted by Crippen LogP contribution is -2.42. The van der Waals surface area contributed by atoms with E-state index in [0.717, 1.165) is 18.5 Å². The van der Waals surface area contributed by atoms with E-state index >= 15 is 0 Å². The predicted molar refractivity (Wildman–Crippen MR) is 110 cm³/mol. The first-order chi connectivity index (χ1) is 14.1. The Morgan fingerprint density at radius 2 is 1.86 bits per heavy atom. The fraction of sp³-hybridized carbons (Fsp3) is 0.381. The third-order valence-electron chi connectivity index (χ3n) is 4.75. The molecule has 1 aliphatic heterocycles. The molecule has 1 fully saturated rings. The molecule has 0 spiro atoms. The molecular weight excluding hydrogens is 372 g/mol. The smallest absolute Gasteiger partial charge is 0.409 e. The van der Waals surface area contributed by atoms with Gasteiger partial charge in [0.1, 0.15) is 11.6 Å². The minimum Gasteiger partial charge on any atom is -0.497 e. The molecule has 154 valence electrons. The zero-order chi connectivity index (χ0) is 20.6. The number of carbonyl (C=O) groups excluding carboxylic acids is 2. The highest BCUT2D eigenvalue weighted by Crippen LogP contribution is 2.18. The van der Waals surface area contributed by atoms with Gasteiger partial charge in [-0.25, -0.2) is 9.78 Å². The fourth-order valence-electron chi connectivity index (χ4n) is 3.14. The Morgan fingerprint density at radius 3 is 2.45 bits per heavy atom. The van der Waals surface area contributed by atoms with Crippen LogP contribution in [0.5, 0.6) is 5.75 Å². The van der Waals surface area contributed by atoms with Crippen LogP contribution < -0.4 is 15.4 Å². The van der Waals surface area contributed by atoms with Crippen LogP contribution in [0.4, 0.5) is 16.3 Å². The Kier molecular flexibility index (Phi) is 6.89. The van der Waals surface area contributed by atoms with Crippen molar-refractivity contribution in [3.05, 3.63) is 48.2 Å². The van der Waals surface area contributed by atoms with E-state index in [1.807, 2.05) is 13.0 Å². The van der Waals surface area contributed by atoms with Gasteiger partial charge in [-0.2, -0.15) is 0 Å². The van der Waals surface area contributed by atoms with Crippen LogP contribution in [0, 0.1) is 0 Å². The van der Waals surface area contributed by atoms with Gasteiger partial charge < -0.3 is 25.0 Å². The Hall–Kier alpha value is -3.29. The number of aromatic nitrogens is 1. The number of likely N-dealkylation sites (tertiary alicyclic amines) is 1. The quantitative estimate of drug-likeness (QED) is 0.775. The summed E-state index contributed by atoms with van der Waals surface area (Å²) in [4.78, 5) is 30.1. The van der Waals surface area contributed by atoms with Crippen molar-refractivity contribution >= 4 is 23.5 Å². The molecule has 29 heavy (non-hydrogen) atoms. The van der Waals surface area contributed by atoms with Crippen molar-refractivity contribution in [3.63, 3.8) is 0 Å². The van der Waals surface area contributed by atoms with E-state index in [1.54, 1.807) is 48.5 Å². The van der Waals surface area contributed by atoms with Crippen LogP contribution in [-0.2, 0) is 4.74 Å². The van der Waals surface area contributed by atoms with E-state index < -0.39 is 0 Å². The summed E-state index contributed by atoms with van der Waals surface area (Å²) in [6.07, 6.45) is 3.13. The molecule has 0 atom stereocenters. The van der Waals surface area contributed by atoms with Gasteiger partial charge in [0.15, 0.2) is 0 Å². The number of carbonyl (C=O) groups is 2. The second-order valence-corrected chi connectivity index (χ2v) is 6.72. The second kappa shape index (κ2) is 9.77. The van der Waals surface area contributed by atoms with Gasteiger partial charge in [-0.05, 0) is 56.2 Å². The summed E-state index contributed by atoms with van der Waals surface area (Å²) in [5.41, 5.74) is 1.41. The fourth-order valence-corrected chi connectivity index (χ4v) is 3.14. The second-order valence-electron chi connectivity index (χ2n) is 6.72. The molecule has 2 aromatic rings. The number of rotatable bonds is 6. The first-order valence-corrected chi connectivity index (χ1v) is 9.68. The number of hydrogen-bond donors (Lipinski definition) is 2. The van der Waals surface area contributed by atoms with Crippen LogP contribution in [0.25, 0.3) is 0 Å². The molecule has 2 heterocycles. The van der Waals surface area contributed by atoms with Crippen LogP contribution >= 0.6 is 0 Å². The molecule has 1 saturated heterocycles. The molecule has 1 aromatic heterocycles.